The summed E-state index contributed by atoms with van der Waals surface area (Å²) < 4.78 is 5.34. The van der Waals surface area contributed by atoms with Crippen molar-refractivity contribution in [3.05, 3.63) is 29.7 Å². The van der Waals surface area contributed by atoms with Crippen LogP contribution in [0, 0.1) is 11.8 Å². The molecule has 1 saturated heterocycles. The van der Waals surface area contributed by atoms with Gasteiger partial charge in [-0.1, -0.05) is 5.57 Å². The number of nitrogens with zero attached hydrogens (tertiary/aromatic N) is 1. The molecular formula is C15H24Cl2N2O. The molecule has 0 unspecified atom stereocenters. The predicted octanol–water partition coefficient (Wildman–Crippen LogP) is 3.20. The number of likely N-dealkylation sites (tertiary alicyclic amines) is 1. The third-order valence-corrected chi connectivity index (χ3v) is 4.12. The van der Waals surface area contributed by atoms with Gasteiger partial charge >= 0.3 is 0 Å². The lowest BCUT2D eigenvalue weighted by Gasteiger charge is -2.15. The summed E-state index contributed by atoms with van der Waals surface area (Å²) in [6, 6.07) is 4.30. The molecule has 2 fully saturated rings. The van der Waals surface area contributed by atoms with E-state index in [0.29, 0.717) is 6.04 Å². The van der Waals surface area contributed by atoms with Crippen LogP contribution in [0.5, 0.6) is 0 Å². The molecule has 1 aliphatic carbocycles. The van der Waals surface area contributed by atoms with Crippen molar-refractivity contribution < 1.29 is 4.42 Å². The molecule has 20 heavy (non-hydrogen) atoms. The molecule has 1 saturated carbocycles. The van der Waals surface area contributed by atoms with Gasteiger partial charge in [0.15, 0.2) is 0 Å². The number of furan rings is 1. The first kappa shape index (κ1) is 17.6. The van der Waals surface area contributed by atoms with Crippen molar-refractivity contribution in [3.63, 3.8) is 0 Å². The van der Waals surface area contributed by atoms with Crippen LogP contribution < -0.4 is 5.73 Å². The maximum absolute atomic E-state index is 6.24. The fourth-order valence-corrected chi connectivity index (χ4v) is 3.11. The van der Waals surface area contributed by atoms with Crippen LogP contribution in [-0.4, -0.2) is 30.6 Å². The average molecular weight is 319 g/mol. The van der Waals surface area contributed by atoms with Gasteiger partial charge in [-0.15, -0.1) is 24.8 Å². The highest BCUT2D eigenvalue weighted by molar-refractivity contribution is 5.85. The van der Waals surface area contributed by atoms with Crippen molar-refractivity contribution in [1.82, 2.24) is 4.90 Å². The first-order valence-corrected chi connectivity index (χ1v) is 6.91. The zero-order chi connectivity index (χ0) is 12.5. The van der Waals surface area contributed by atoms with Gasteiger partial charge < -0.3 is 10.2 Å². The van der Waals surface area contributed by atoms with Crippen LogP contribution in [0.25, 0.3) is 6.08 Å². The van der Waals surface area contributed by atoms with Crippen molar-refractivity contribution in [2.24, 2.45) is 17.6 Å². The second-order valence-electron chi connectivity index (χ2n) is 5.87. The van der Waals surface area contributed by atoms with Gasteiger partial charge in [0, 0.05) is 25.7 Å². The highest BCUT2D eigenvalue weighted by Gasteiger charge is 2.40. The second kappa shape index (κ2) is 7.51. The average Bonchev–Trinajstić information content (AvgIpc) is 2.92. The summed E-state index contributed by atoms with van der Waals surface area (Å²) in [6.45, 7) is 5.40. The van der Waals surface area contributed by atoms with E-state index in [2.05, 4.69) is 17.9 Å². The first-order chi connectivity index (χ1) is 8.72. The molecule has 0 amide bonds. The van der Waals surface area contributed by atoms with Crippen LogP contribution in [-0.2, 0) is 0 Å². The molecule has 3 rings (SSSR count). The molecule has 1 aromatic rings. The molecule has 5 heteroatoms. The van der Waals surface area contributed by atoms with Gasteiger partial charge in [-0.05, 0) is 49.8 Å². The lowest BCUT2D eigenvalue weighted by atomic mass is 9.99. The zero-order valence-corrected chi connectivity index (χ0v) is 13.5. The molecule has 1 aromatic heterocycles. The van der Waals surface area contributed by atoms with E-state index in [9.17, 15) is 0 Å². The summed E-state index contributed by atoms with van der Waals surface area (Å²) in [5, 5.41) is 0. The Morgan fingerprint density at radius 3 is 2.75 bits per heavy atom. The molecular weight excluding hydrogens is 295 g/mol. The van der Waals surface area contributed by atoms with E-state index in [4.69, 9.17) is 10.2 Å². The molecule has 2 aliphatic rings. The molecule has 1 aliphatic heterocycles. The Bertz CT molecular complexity index is 429. The molecule has 114 valence electrons. The summed E-state index contributed by atoms with van der Waals surface area (Å²) in [5.74, 6) is 2.59. The molecule has 2 atom stereocenters. The zero-order valence-electron chi connectivity index (χ0n) is 11.8. The molecule has 0 radical (unpaired) electrons. The fraction of sp³-hybridized carbons (Fsp3) is 0.600. The molecule has 0 spiro atoms. The standard InChI is InChI=1S/C15H22N2O.2ClH/c1-11(7-13-3-2-6-18-13)8-17-9-14(12-4-5-12)15(16)10-17;;/h2-3,6-7,12,14-15H,4-5,8-10,16H2,1H3;2*1H/t14-,15+;;/m1../s1. The summed E-state index contributed by atoms with van der Waals surface area (Å²) in [6.07, 6.45) is 6.63. The molecule has 0 aromatic carbocycles. The maximum atomic E-state index is 6.24. The Kier molecular flexibility index (Phi) is 6.59. The topological polar surface area (TPSA) is 42.4 Å². The quantitative estimate of drug-likeness (QED) is 0.927. The van der Waals surface area contributed by atoms with Gasteiger partial charge in [0.2, 0.25) is 0 Å². The fourth-order valence-electron chi connectivity index (χ4n) is 3.11. The van der Waals surface area contributed by atoms with E-state index in [1.165, 1.54) is 25.0 Å². The lowest BCUT2D eigenvalue weighted by molar-refractivity contribution is 0.342. The Labute approximate surface area is 133 Å². The first-order valence-electron chi connectivity index (χ1n) is 6.91. The maximum Gasteiger partial charge on any atom is 0.126 e. The van der Waals surface area contributed by atoms with Crippen LogP contribution >= 0.6 is 24.8 Å². The lowest BCUT2D eigenvalue weighted by Crippen LogP contribution is -2.30. The van der Waals surface area contributed by atoms with E-state index in [0.717, 1.165) is 30.7 Å². The van der Waals surface area contributed by atoms with Crippen LogP contribution in [0.1, 0.15) is 25.5 Å². The van der Waals surface area contributed by atoms with Gasteiger partial charge in [-0.3, -0.25) is 4.90 Å². The van der Waals surface area contributed by atoms with E-state index in [-0.39, 0.29) is 24.8 Å². The number of nitrogens with two attached hydrogens (primary N) is 1. The van der Waals surface area contributed by atoms with Crippen molar-refractivity contribution in [2.45, 2.75) is 25.8 Å². The van der Waals surface area contributed by atoms with Crippen molar-refractivity contribution in [3.8, 4) is 0 Å². The molecule has 0 bridgehead atoms. The van der Waals surface area contributed by atoms with Gasteiger partial charge in [0.05, 0.1) is 6.26 Å². The van der Waals surface area contributed by atoms with E-state index in [1.54, 1.807) is 6.26 Å². The van der Waals surface area contributed by atoms with E-state index < -0.39 is 0 Å². The summed E-state index contributed by atoms with van der Waals surface area (Å²) in [4.78, 5) is 2.49. The molecule has 2 heterocycles. The van der Waals surface area contributed by atoms with Crippen LogP contribution in [0.15, 0.2) is 28.4 Å². The Balaban J connectivity index is 0.000001000. The molecule has 3 nitrogen and oxygen atoms in total. The molecule has 2 N–H and O–H groups in total. The van der Waals surface area contributed by atoms with E-state index >= 15 is 0 Å². The van der Waals surface area contributed by atoms with Crippen LogP contribution in [0.3, 0.4) is 0 Å². The van der Waals surface area contributed by atoms with Crippen molar-refractivity contribution in [1.29, 1.82) is 0 Å². The third-order valence-electron chi connectivity index (χ3n) is 4.12. The summed E-state index contributed by atoms with van der Waals surface area (Å²) >= 11 is 0. The Hall–Kier alpha value is -0.480. The van der Waals surface area contributed by atoms with Gasteiger partial charge in [0.1, 0.15) is 5.76 Å². The van der Waals surface area contributed by atoms with Crippen LogP contribution in [0.4, 0.5) is 0 Å². The minimum Gasteiger partial charge on any atom is -0.465 e. The third kappa shape index (κ3) is 4.26. The van der Waals surface area contributed by atoms with Gasteiger partial charge in [0.25, 0.3) is 0 Å². The smallest absolute Gasteiger partial charge is 0.126 e. The number of halogens is 2. The summed E-state index contributed by atoms with van der Waals surface area (Å²) in [5.41, 5.74) is 7.58. The minimum absolute atomic E-state index is 0. The van der Waals surface area contributed by atoms with Crippen LogP contribution in [0.2, 0.25) is 0 Å². The number of hydrogen-bond donors (Lipinski definition) is 1. The monoisotopic (exact) mass is 318 g/mol. The normalized spacial score (nSPS) is 27.0. The highest BCUT2D eigenvalue weighted by atomic mass is 35.5. The number of hydrogen-bond acceptors (Lipinski definition) is 3. The number of rotatable bonds is 4. The summed E-state index contributed by atoms with van der Waals surface area (Å²) in [7, 11) is 0. The van der Waals surface area contributed by atoms with Gasteiger partial charge in [-0.25, -0.2) is 0 Å². The predicted molar refractivity (Wildman–Crippen MR) is 87.5 cm³/mol. The van der Waals surface area contributed by atoms with E-state index in [1.807, 2.05) is 12.1 Å². The highest BCUT2D eigenvalue weighted by Crippen LogP contribution is 2.40. The Morgan fingerprint density at radius 1 is 1.40 bits per heavy atom. The SMILES string of the molecule is CC(=Cc1ccco1)CN1C[C@H](C2CC2)[C@@H](N)C1.Cl.Cl. The van der Waals surface area contributed by atoms with Gasteiger partial charge in [-0.2, -0.15) is 0 Å². The minimum atomic E-state index is 0. The largest absolute Gasteiger partial charge is 0.465 e. The second-order valence-corrected chi connectivity index (χ2v) is 5.87. The van der Waals surface area contributed by atoms with Crippen molar-refractivity contribution >= 4 is 30.9 Å². The Morgan fingerprint density at radius 2 is 2.15 bits per heavy atom. The van der Waals surface area contributed by atoms with Crippen molar-refractivity contribution in [2.75, 3.05) is 19.6 Å².